The first-order valence-electron chi connectivity index (χ1n) is 3.53. The van der Waals surface area contributed by atoms with Gasteiger partial charge in [-0.1, -0.05) is 6.07 Å². The molecule has 64 valence electrons. The average molecular weight is 182 g/mol. The third kappa shape index (κ3) is 2.23. The van der Waals surface area contributed by atoms with Crippen molar-refractivity contribution in [2.45, 2.75) is 11.6 Å². The largest absolute Gasteiger partial charge is 0.354 e. The maximum atomic E-state index is 10.0. The van der Waals surface area contributed by atoms with E-state index in [1.54, 1.807) is 18.0 Å². The van der Waals surface area contributed by atoms with Gasteiger partial charge < -0.3 is 5.32 Å². The van der Waals surface area contributed by atoms with Crippen molar-refractivity contribution in [3.05, 3.63) is 23.9 Å². The predicted octanol–water partition coefficient (Wildman–Crippen LogP) is 1.05. The molecule has 0 spiro atoms. The molecule has 0 saturated carbocycles. The fraction of sp³-hybridized carbons (Fsp3) is 0.250. The molecular weight excluding hydrogens is 172 g/mol. The summed E-state index contributed by atoms with van der Waals surface area (Å²) in [6.07, 6.45) is 4.40. The van der Waals surface area contributed by atoms with E-state index in [0.717, 1.165) is 10.6 Å². The minimum atomic E-state index is 0.549. The van der Waals surface area contributed by atoms with Crippen molar-refractivity contribution < 1.29 is 4.79 Å². The van der Waals surface area contributed by atoms with Gasteiger partial charge >= 0.3 is 0 Å². The van der Waals surface area contributed by atoms with Gasteiger partial charge in [0.1, 0.15) is 5.03 Å². The van der Waals surface area contributed by atoms with E-state index >= 15 is 0 Å². The zero-order valence-corrected chi connectivity index (χ0v) is 7.60. The van der Waals surface area contributed by atoms with Gasteiger partial charge in [0.05, 0.1) is 0 Å². The summed E-state index contributed by atoms with van der Waals surface area (Å²) in [5, 5.41) is 3.57. The van der Waals surface area contributed by atoms with Gasteiger partial charge in [-0.2, -0.15) is 0 Å². The third-order valence-corrected chi connectivity index (χ3v) is 2.17. The maximum absolute atomic E-state index is 10.0. The predicted molar refractivity (Wildman–Crippen MR) is 48.9 cm³/mol. The Morgan fingerprint density at radius 1 is 1.75 bits per heavy atom. The Balaban J connectivity index is 2.74. The van der Waals surface area contributed by atoms with Gasteiger partial charge in [-0.25, -0.2) is 4.98 Å². The van der Waals surface area contributed by atoms with Crippen LogP contribution in [0.15, 0.2) is 23.4 Å². The molecule has 0 unspecified atom stereocenters. The van der Waals surface area contributed by atoms with E-state index < -0.39 is 0 Å². The molecule has 0 bridgehead atoms. The summed E-state index contributed by atoms with van der Waals surface area (Å²) in [6.45, 7) is 0.549. The molecule has 1 aromatic rings. The highest BCUT2D eigenvalue weighted by atomic mass is 32.2. The van der Waals surface area contributed by atoms with E-state index in [2.05, 4.69) is 10.3 Å². The number of hydrogen-bond acceptors (Lipinski definition) is 3. The number of rotatable bonds is 4. The number of carbonyl (C=O) groups excluding carboxylic acids is 1. The minimum absolute atomic E-state index is 0.549. The van der Waals surface area contributed by atoms with Crippen LogP contribution in [0.4, 0.5) is 0 Å². The summed E-state index contributed by atoms with van der Waals surface area (Å²) in [7, 11) is 0. The number of hydrogen-bond donors (Lipinski definition) is 1. The van der Waals surface area contributed by atoms with Gasteiger partial charge in [0.25, 0.3) is 0 Å². The molecule has 0 aromatic carbocycles. The van der Waals surface area contributed by atoms with E-state index in [0.29, 0.717) is 13.0 Å². The number of thioether (sulfide) groups is 1. The lowest BCUT2D eigenvalue weighted by atomic mass is 10.3. The van der Waals surface area contributed by atoms with Crippen LogP contribution in [0, 0.1) is 0 Å². The number of aromatic nitrogens is 1. The standard InChI is InChI=1S/C8H10N2OS/c1-12-8-7(5-9-6-11)3-2-4-10-8/h2-4,6H,5H2,1H3,(H,9,11). The monoisotopic (exact) mass is 182 g/mol. The molecule has 3 nitrogen and oxygen atoms in total. The molecule has 1 rings (SSSR count). The number of carbonyl (C=O) groups is 1. The second kappa shape index (κ2) is 4.77. The maximum Gasteiger partial charge on any atom is 0.207 e. The van der Waals surface area contributed by atoms with Crippen LogP contribution in [0.1, 0.15) is 5.56 Å². The van der Waals surface area contributed by atoms with Crippen LogP contribution in [0.25, 0.3) is 0 Å². The van der Waals surface area contributed by atoms with Crippen LogP contribution in [0.5, 0.6) is 0 Å². The SMILES string of the molecule is CSc1ncccc1CNC=O. The number of pyridine rings is 1. The molecule has 0 saturated heterocycles. The highest BCUT2D eigenvalue weighted by molar-refractivity contribution is 7.98. The van der Waals surface area contributed by atoms with Gasteiger partial charge in [-0.3, -0.25) is 4.79 Å². The fourth-order valence-corrected chi connectivity index (χ4v) is 1.46. The Labute approximate surface area is 75.6 Å². The Morgan fingerprint density at radius 3 is 3.25 bits per heavy atom. The molecule has 0 aliphatic rings. The first kappa shape index (κ1) is 9.06. The molecule has 1 N–H and O–H groups in total. The lowest BCUT2D eigenvalue weighted by Crippen LogP contribution is -2.10. The quantitative estimate of drug-likeness (QED) is 0.559. The average Bonchev–Trinajstić information content (AvgIpc) is 2.15. The molecule has 1 heterocycles. The summed E-state index contributed by atoms with van der Waals surface area (Å²) < 4.78 is 0. The van der Waals surface area contributed by atoms with E-state index in [9.17, 15) is 4.79 Å². The zero-order valence-electron chi connectivity index (χ0n) is 6.78. The highest BCUT2D eigenvalue weighted by Crippen LogP contribution is 2.15. The Hall–Kier alpha value is -1.03. The Kier molecular flexibility index (Phi) is 3.60. The molecule has 0 atom stereocenters. The summed E-state index contributed by atoms with van der Waals surface area (Å²) >= 11 is 1.58. The molecule has 4 heteroatoms. The molecular formula is C8H10N2OS. The van der Waals surface area contributed by atoms with Gasteiger partial charge in [-0.15, -0.1) is 11.8 Å². The summed E-state index contributed by atoms with van der Waals surface area (Å²) in [4.78, 5) is 14.2. The van der Waals surface area contributed by atoms with Gasteiger partial charge in [-0.05, 0) is 12.3 Å². The molecule has 0 aliphatic heterocycles. The van der Waals surface area contributed by atoms with Crippen molar-refractivity contribution in [2.24, 2.45) is 0 Å². The normalized spacial score (nSPS) is 9.42. The van der Waals surface area contributed by atoms with Crippen molar-refractivity contribution in [2.75, 3.05) is 6.26 Å². The van der Waals surface area contributed by atoms with Gasteiger partial charge in [0.2, 0.25) is 6.41 Å². The summed E-state index contributed by atoms with van der Waals surface area (Å²) in [5.74, 6) is 0. The molecule has 0 radical (unpaired) electrons. The second-order valence-electron chi connectivity index (χ2n) is 2.17. The van der Waals surface area contributed by atoms with Crippen molar-refractivity contribution in [3.63, 3.8) is 0 Å². The van der Waals surface area contributed by atoms with Crippen LogP contribution < -0.4 is 5.32 Å². The lowest BCUT2D eigenvalue weighted by molar-refractivity contribution is -0.109. The first-order chi connectivity index (χ1) is 5.88. The summed E-state index contributed by atoms with van der Waals surface area (Å²) in [6, 6.07) is 3.82. The topological polar surface area (TPSA) is 42.0 Å². The van der Waals surface area contributed by atoms with E-state index in [1.807, 2.05) is 18.4 Å². The molecule has 12 heavy (non-hydrogen) atoms. The lowest BCUT2D eigenvalue weighted by Gasteiger charge is -2.03. The van der Waals surface area contributed by atoms with E-state index in [1.165, 1.54) is 0 Å². The number of amides is 1. The molecule has 0 fully saturated rings. The fourth-order valence-electron chi connectivity index (χ4n) is 0.894. The Morgan fingerprint density at radius 2 is 2.58 bits per heavy atom. The molecule has 0 aliphatic carbocycles. The third-order valence-electron chi connectivity index (χ3n) is 1.42. The van der Waals surface area contributed by atoms with Gasteiger partial charge in [0, 0.05) is 18.3 Å². The second-order valence-corrected chi connectivity index (χ2v) is 2.97. The minimum Gasteiger partial charge on any atom is -0.354 e. The van der Waals surface area contributed by atoms with Crippen molar-refractivity contribution in [3.8, 4) is 0 Å². The van der Waals surface area contributed by atoms with Crippen LogP contribution >= 0.6 is 11.8 Å². The molecule has 1 aromatic heterocycles. The van der Waals surface area contributed by atoms with E-state index in [4.69, 9.17) is 0 Å². The smallest absolute Gasteiger partial charge is 0.207 e. The summed E-state index contributed by atoms with van der Waals surface area (Å²) in [5.41, 5.74) is 1.05. The van der Waals surface area contributed by atoms with Crippen molar-refractivity contribution in [1.29, 1.82) is 0 Å². The number of nitrogens with one attached hydrogen (secondary N) is 1. The van der Waals surface area contributed by atoms with Crippen LogP contribution in [-0.2, 0) is 11.3 Å². The molecule has 1 amide bonds. The van der Waals surface area contributed by atoms with Crippen molar-refractivity contribution in [1.82, 2.24) is 10.3 Å². The van der Waals surface area contributed by atoms with Gasteiger partial charge in [0.15, 0.2) is 0 Å². The van der Waals surface area contributed by atoms with Crippen LogP contribution in [0.2, 0.25) is 0 Å². The van der Waals surface area contributed by atoms with Crippen LogP contribution in [0.3, 0.4) is 0 Å². The zero-order chi connectivity index (χ0) is 8.81. The van der Waals surface area contributed by atoms with Crippen molar-refractivity contribution >= 4 is 18.2 Å². The Bertz CT molecular complexity index is 265. The van der Waals surface area contributed by atoms with E-state index in [-0.39, 0.29) is 0 Å². The highest BCUT2D eigenvalue weighted by Gasteiger charge is 1.99. The van der Waals surface area contributed by atoms with Crippen LogP contribution in [-0.4, -0.2) is 17.6 Å². The first-order valence-corrected chi connectivity index (χ1v) is 4.76. The number of nitrogens with zero attached hydrogens (tertiary/aromatic N) is 1.